The van der Waals surface area contributed by atoms with Crippen LogP contribution in [0, 0.1) is 0 Å². The molecule has 0 fully saturated rings. The molecule has 0 aliphatic heterocycles. The van der Waals surface area contributed by atoms with Gasteiger partial charge < -0.3 is 9.84 Å². The number of thiophene rings is 1. The van der Waals surface area contributed by atoms with E-state index >= 15 is 0 Å². The van der Waals surface area contributed by atoms with Gasteiger partial charge in [0.25, 0.3) is 0 Å². The highest BCUT2D eigenvalue weighted by molar-refractivity contribution is 7.20. The molecule has 1 aromatic carbocycles. The van der Waals surface area contributed by atoms with Crippen molar-refractivity contribution in [3.63, 3.8) is 0 Å². The van der Waals surface area contributed by atoms with Crippen LogP contribution in [-0.4, -0.2) is 58.2 Å². The van der Waals surface area contributed by atoms with Crippen LogP contribution >= 0.6 is 11.3 Å². The molecule has 1 atom stereocenters. The lowest BCUT2D eigenvalue weighted by atomic mass is 10.0. The van der Waals surface area contributed by atoms with Crippen molar-refractivity contribution in [2.24, 2.45) is 0 Å². The van der Waals surface area contributed by atoms with Crippen molar-refractivity contribution in [1.82, 2.24) is 19.7 Å². The van der Waals surface area contributed by atoms with Crippen LogP contribution in [0.5, 0.6) is 0 Å². The molecule has 3 aromatic heterocycles. The first-order valence-corrected chi connectivity index (χ1v) is 10.2. The second kappa shape index (κ2) is 8.35. The molecule has 1 unspecified atom stereocenters. The number of benzene rings is 1. The van der Waals surface area contributed by atoms with Gasteiger partial charge in [-0.25, -0.2) is 4.79 Å². The molecule has 7 nitrogen and oxygen atoms in total. The first kappa shape index (κ1) is 20.2. The molecule has 154 valence electrons. The molecular formula is C22H22N4O3S. The number of carbonyl (C=O) groups excluding carboxylic acids is 1. The second-order valence-corrected chi connectivity index (χ2v) is 8.26. The molecule has 1 N–H and O–H groups in total. The minimum absolute atomic E-state index is 0.339. The Kier molecular flexibility index (Phi) is 5.63. The van der Waals surface area contributed by atoms with E-state index in [1.807, 2.05) is 56.8 Å². The number of rotatable bonds is 6. The predicted octanol–water partition coefficient (Wildman–Crippen LogP) is 3.49. The summed E-state index contributed by atoms with van der Waals surface area (Å²) in [7, 11) is 5.03. The number of esters is 1. The SMILES string of the molecule is COC(=O)c1cc2c(-c3ccc(-c4cnn(CC(O)N(C)C)c4)cc3)cncc2s1. The first-order chi connectivity index (χ1) is 14.5. The number of fused-ring (bicyclic) bond motifs is 1. The van der Waals surface area contributed by atoms with Gasteiger partial charge in [0.05, 0.1) is 24.6 Å². The van der Waals surface area contributed by atoms with Gasteiger partial charge in [-0.1, -0.05) is 24.3 Å². The molecule has 4 aromatic rings. The fraction of sp³-hybridized carbons (Fsp3) is 0.227. The molecule has 0 radical (unpaired) electrons. The Labute approximate surface area is 178 Å². The monoisotopic (exact) mass is 422 g/mol. The van der Waals surface area contributed by atoms with Crippen molar-refractivity contribution in [1.29, 1.82) is 0 Å². The molecular weight excluding hydrogens is 400 g/mol. The second-order valence-electron chi connectivity index (χ2n) is 7.17. The molecule has 4 rings (SSSR count). The third-order valence-corrected chi connectivity index (χ3v) is 5.99. The van der Waals surface area contributed by atoms with Crippen molar-refractivity contribution in [3.05, 3.63) is 60.0 Å². The van der Waals surface area contributed by atoms with Crippen molar-refractivity contribution in [3.8, 4) is 22.3 Å². The van der Waals surface area contributed by atoms with Crippen LogP contribution in [0.1, 0.15) is 9.67 Å². The van der Waals surface area contributed by atoms with Crippen molar-refractivity contribution in [2.45, 2.75) is 12.8 Å². The predicted molar refractivity (Wildman–Crippen MR) is 117 cm³/mol. The average molecular weight is 423 g/mol. The third-order valence-electron chi connectivity index (χ3n) is 4.94. The summed E-state index contributed by atoms with van der Waals surface area (Å²) >= 11 is 1.38. The summed E-state index contributed by atoms with van der Waals surface area (Å²) in [5.74, 6) is -0.339. The standard InChI is InChI=1S/C22H22N4O3S/c1-25(2)21(27)13-26-12-16(9-24-26)14-4-6-15(7-5-14)18-10-23-11-20-17(18)8-19(30-20)22(28)29-3/h4-12,21,27H,13H2,1-3H3. The Morgan fingerprint density at radius 2 is 1.90 bits per heavy atom. The van der Waals surface area contributed by atoms with Gasteiger partial charge in [-0.3, -0.25) is 14.6 Å². The quantitative estimate of drug-likeness (QED) is 0.378. The number of carbonyl (C=O) groups is 1. The number of ether oxygens (including phenoxy) is 1. The molecule has 30 heavy (non-hydrogen) atoms. The van der Waals surface area contributed by atoms with Crippen LogP contribution in [0.15, 0.2) is 55.1 Å². The van der Waals surface area contributed by atoms with Gasteiger partial charge in [0.15, 0.2) is 0 Å². The van der Waals surface area contributed by atoms with Crippen molar-refractivity contribution < 1.29 is 14.6 Å². The highest BCUT2D eigenvalue weighted by atomic mass is 32.1. The maximum Gasteiger partial charge on any atom is 0.348 e. The number of aliphatic hydroxyl groups is 1. The number of pyridine rings is 1. The molecule has 0 saturated carbocycles. The Balaban J connectivity index is 1.61. The normalized spacial score (nSPS) is 12.4. The number of likely N-dealkylation sites (N-methyl/N-ethyl adjacent to an activating group) is 1. The molecule has 3 heterocycles. The van der Waals surface area contributed by atoms with E-state index in [-0.39, 0.29) is 5.97 Å². The smallest absolute Gasteiger partial charge is 0.348 e. The van der Waals surface area contributed by atoms with Gasteiger partial charge in [-0.2, -0.15) is 5.10 Å². The lowest BCUT2D eigenvalue weighted by molar-refractivity contribution is 0.0232. The molecule has 0 spiro atoms. The van der Waals surface area contributed by atoms with E-state index in [0.717, 1.165) is 32.3 Å². The minimum Gasteiger partial charge on any atom is -0.465 e. The molecule has 0 bridgehead atoms. The average Bonchev–Trinajstić information content (AvgIpc) is 3.40. The van der Waals surface area contributed by atoms with Crippen LogP contribution < -0.4 is 0 Å². The first-order valence-electron chi connectivity index (χ1n) is 9.40. The zero-order valence-electron chi connectivity index (χ0n) is 16.9. The largest absolute Gasteiger partial charge is 0.465 e. The maximum atomic E-state index is 11.9. The van der Waals surface area contributed by atoms with Crippen LogP contribution in [-0.2, 0) is 11.3 Å². The number of hydrogen-bond acceptors (Lipinski definition) is 7. The Morgan fingerprint density at radius 3 is 2.60 bits per heavy atom. The Hall–Kier alpha value is -3.07. The van der Waals surface area contributed by atoms with E-state index in [2.05, 4.69) is 10.1 Å². The zero-order chi connectivity index (χ0) is 21.3. The van der Waals surface area contributed by atoms with Crippen molar-refractivity contribution >= 4 is 27.4 Å². The summed E-state index contributed by atoms with van der Waals surface area (Å²) in [5, 5.41) is 15.3. The number of aliphatic hydroxyl groups excluding tert-OH is 1. The number of aromatic nitrogens is 3. The fourth-order valence-electron chi connectivity index (χ4n) is 3.18. The van der Waals surface area contributed by atoms with Crippen LogP contribution in [0.25, 0.3) is 32.3 Å². The van der Waals surface area contributed by atoms with E-state index in [1.165, 1.54) is 18.4 Å². The van der Waals surface area contributed by atoms with Crippen LogP contribution in [0.3, 0.4) is 0 Å². The van der Waals surface area contributed by atoms with E-state index in [9.17, 15) is 9.90 Å². The highest BCUT2D eigenvalue weighted by Crippen LogP contribution is 2.34. The van der Waals surface area contributed by atoms with Crippen LogP contribution in [0.2, 0.25) is 0 Å². The summed E-state index contributed by atoms with van der Waals surface area (Å²) in [4.78, 5) is 18.5. The summed E-state index contributed by atoms with van der Waals surface area (Å²) in [6.07, 6.45) is 6.70. The number of methoxy groups -OCH3 is 1. The van der Waals surface area contributed by atoms with Crippen LogP contribution in [0.4, 0.5) is 0 Å². The van der Waals surface area contributed by atoms with E-state index in [4.69, 9.17) is 4.74 Å². The molecule has 8 heteroatoms. The zero-order valence-corrected chi connectivity index (χ0v) is 17.8. The molecule has 0 aliphatic rings. The van der Waals surface area contributed by atoms with Crippen molar-refractivity contribution in [2.75, 3.05) is 21.2 Å². The van der Waals surface area contributed by atoms with E-state index in [1.54, 1.807) is 22.0 Å². The van der Waals surface area contributed by atoms with Gasteiger partial charge in [-0.15, -0.1) is 11.3 Å². The van der Waals surface area contributed by atoms with Gasteiger partial charge >= 0.3 is 5.97 Å². The minimum atomic E-state index is -0.589. The third kappa shape index (κ3) is 3.97. The van der Waals surface area contributed by atoms with Gasteiger partial charge in [0.1, 0.15) is 11.1 Å². The number of nitrogens with zero attached hydrogens (tertiary/aromatic N) is 4. The van der Waals surface area contributed by atoms with Gasteiger partial charge in [-0.05, 0) is 31.3 Å². The van der Waals surface area contributed by atoms with Gasteiger partial charge in [0.2, 0.25) is 0 Å². The Morgan fingerprint density at radius 1 is 1.17 bits per heavy atom. The number of hydrogen-bond donors (Lipinski definition) is 1. The molecule has 0 aliphatic carbocycles. The topological polar surface area (TPSA) is 80.5 Å². The summed E-state index contributed by atoms with van der Waals surface area (Å²) < 4.78 is 7.52. The fourth-order valence-corrected chi connectivity index (χ4v) is 4.15. The maximum absolute atomic E-state index is 11.9. The highest BCUT2D eigenvalue weighted by Gasteiger charge is 2.14. The summed E-state index contributed by atoms with van der Waals surface area (Å²) in [6, 6.07) is 9.99. The summed E-state index contributed by atoms with van der Waals surface area (Å²) in [6.45, 7) is 0.402. The Bertz CT molecular complexity index is 1180. The molecule has 0 amide bonds. The van der Waals surface area contributed by atoms with E-state index < -0.39 is 6.23 Å². The molecule has 0 saturated heterocycles. The summed E-state index contributed by atoms with van der Waals surface area (Å²) in [5.41, 5.74) is 3.99. The lowest BCUT2D eigenvalue weighted by Gasteiger charge is -2.17. The van der Waals surface area contributed by atoms with Gasteiger partial charge in [0, 0.05) is 35.1 Å². The van der Waals surface area contributed by atoms with E-state index in [0.29, 0.717) is 11.4 Å². The lowest BCUT2D eigenvalue weighted by Crippen LogP contribution is -2.31.